The first-order valence-corrected chi connectivity index (χ1v) is 16.2. The Bertz CT molecular complexity index is 1720. The number of nitrogens with one attached hydrogen (secondary N) is 2. The molecule has 0 aliphatic carbocycles. The lowest BCUT2D eigenvalue weighted by Crippen LogP contribution is -2.47. The highest BCUT2D eigenvalue weighted by atomic mass is 32.2. The quantitative estimate of drug-likeness (QED) is 0.347. The number of methoxy groups -OCH3 is 1. The van der Waals surface area contributed by atoms with Gasteiger partial charge in [-0.1, -0.05) is 18.2 Å². The molecule has 5 rings (SSSR count). The van der Waals surface area contributed by atoms with Crippen molar-refractivity contribution in [3.63, 3.8) is 0 Å². The molecule has 0 bridgehead atoms. The molecule has 1 amide bonds. The normalized spacial score (nSPS) is 18.8. The zero-order valence-electron chi connectivity index (χ0n) is 23.1. The molecular weight excluding hydrogens is 606 g/mol. The molecule has 0 saturated carbocycles. The number of piperidine rings is 1. The van der Waals surface area contributed by atoms with E-state index in [1.807, 2.05) is 4.72 Å². The maximum atomic E-state index is 15.6. The van der Waals surface area contributed by atoms with Gasteiger partial charge in [0, 0.05) is 25.7 Å². The van der Waals surface area contributed by atoms with Crippen LogP contribution in [0.15, 0.2) is 65.6 Å². The van der Waals surface area contributed by atoms with Crippen molar-refractivity contribution in [3.8, 4) is 11.5 Å². The number of amides is 1. The minimum Gasteiger partial charge on any atom is -0.497 e. The molecule has 230 valence electrons. The molecule has 1 atom stereocenters. The summed E-state index contributed by atoms with van der Waals surface area (Å²) >= 11 is 0. The minimum absolute atomic E-state index is 0.0297. The minimum atomic E-state index is -4.32. The summed E-state index contributed by atoms with van der Waals surface area (Å²) in [6.07, 6.45) is 1.21. The van der Waals surface area contributed by atoms with Crippen LogP contribution in [0.2, 0.25) is 0 Å². The van der Waals surface area contributed by atoms with Gasteiger partial charge in [-0.25, -0.2) is 26.2 Å². The predicted octanol–water partition coefficient (Wildman–Crippen LogP) is 2.68. The SMILES string of the molecule is COc1ccc(COc2cc(CN[C@H]3CCCN(S(=O)(=O)c4cccc(F)c4)C3)cc(F)c2N2CC(=O)NS2(=O)=O)cc1. The van der Waals surface area contributed by atoms with Gasteiger partial charge in [0.1, 0.15) is 36.2 Å². The number of benzene rings is 3. The van der Waals surface area contributed by atoms with Crippen molar-refractivity contribution >= 4 is 31.8 Å². The molecule has 2 aliphatic rings. The molecule has 0 spiro atoms. The molecule has 15 heteroatoms. The topological polar surface area (TPSA) is 134 Å². The maximum Gasteiger partial charge on any atom is 0.326 e. The van der Waals surface area contributed by atoms with Crippen molar-refractivity contribution in [2.45, 2.75) is 36.9 Å². The van der Waals surface area contributed by atoms with E-state index in [0.717, 1.165) is 12.1 Å². The van der Waals surface area contributed by atoms with Crippen molar-refractivity contribution in [3.05, 3.63) is 83.4 Å². The van der Waals surface area contributed by atoms with Gasteiger partial charge in [-0.05, 0) is 66.4 Å². The van der Waals surface area contributed by atoms with E-state index in [1.165, 1.54) is 35.7 Å². The summed E-state index contributed by atoms with van der Waals surface area (Å²) in [6, 6.07) is 14.1. The van der Waals surface area contributed by atoms with E-state index >= 15 is 4.39 Å². The van der Waals surface area contributed by atoms with E-state index in [1.54, 1.807) is 24.3 Å². The summed E-state index contributed by atoms with van der Waals surface area (Å²) in [4.78, 5) is 11.7. The summed E-state index contributed by atoms with van der Waals surface area (Å²) < 4.78 is 95.3. The summed E-state index contributed by atoms with van der Waals surface area (Å²) in [7, 11) is -6.70. The highest BCUT2D eigenvalue weighted by Crippen LogP contribution is 2.36. The van der Waals surface area contributed by atoms with Crippen LogP contribution in [-0.4, -0.2) is 59.8 Å². The van der Waals surface area contributed by atoms with E-state index in [-0.39, 0.29) is 42.9 Å². The first-order valence-electron chi connectivity index (χ1n) is 13.4. The zero-order chi connectivity index (χ0) is 30.8. The van der Waals surface area contributed by atoms with Gasteiger partial charge in [-0.15, -0.1) is 0 Å². The lowest BCUT2D eigenvalue weighted by atomic mass is 10.1. The average molecular weight is 637 g/mol. The van der Waals surface area contributed by atoms with Crippen LogP contribution in [0.4, 0.5) is 14.5 Å². The Morgan fingerprint density at radius 2 is 1.84 bits per heavy atom. The van der Waals surface area contributed by atoms with E-state index in [4.69, 9.17) is 9.47 Å². The largest absolute Gasteiger partial charge is 0.497 e. The lowest BCUT2D eigenvalue weighted by Gasteiger charge is -2.32. The van der Waals surface area contributed by atoms with Crippen LogP contribution in [0.25, 0.3) is 0 Å². The van der Waals surface area contributed by atoms with Crippen LogP contribution in [-0.2, 0) is 38.2 Å². The van der Waals surface area contributed by atoms with E-state index in [9.17, 15) is 26.0 Å². The molecule has 2 fully saturated rings. The van der Waals surface area contributed by atoms with E-state index in [0.29, 0.717) is 34.0 Å². The molecule has 0 unspecified atom stereocenters. The van der Waals surface area contributed by atoms with Crippen LogP contribution < -0.4 is 23.8 Å². The van der Waals surface area contributed by atoms with Gasteiger partial charge < -0.3 is 14.8 Å². The van der Waals surface area contributed by atoms with Crippen molar-refractivity contribution in [2.24, 2.45) is 0 Å². The Labute approximate surface area is 248 Å². The third-order valence-electron chi connectivity index (χ3n) is 7.12. The first-order chi connectivity index (χ1) is 20.5. The molecule has 2 saturated heterocycles. The number of rotatable bonds is 10. The highest BCUT2D eigenvalue weighted by molar-refractivity contribution is 7.92. The number of carbonyl (C=O) groups excluding carboxylic acids is 1. The van der Waals surface area contributed by atoms with Crippen molar-refractivity contribution in [1.82, 2.24) is 14.3 Å². The van der Waals surface area contributed by atoms with Gasteiger partial charge in [0.2, 0.25) is 10.0 Å². The third-order valence-corrected chi connectivity index (χ3v) is 10.4. The Hall–Kier alpha value is -3.79. The van der Waals surface area contributed by atoms with Gasteiger partial charge >= 0.3 is 10.2 Å². The Morgan fingerprint density at radius 1 is 1.07 bits per heavy atom. The number of sulfonamides is 1. The van der Waals surface area contributed by atoms with Crippen molar-refractivity contribution < 1.29 is 39.9 Å². The Kier molecular flexibility index (Phi) is 8.87. The number of hydrogen-bond acceptors (Lipinski definition) is 8. The molecule has 11 nitrogen and oxygen atoms in total. The third kappa shape index (κ3) is 6.90. The molecule has 2 aliphatic heterocycles. The second-order valence-corrected chi connectivity index (χ2v) is 13.7. The number of halogens is 2. The van der Waals surface area contributed by atoms with Crippen LogP contribution in [0, 0.1) is 11.6 Å². The van der Waals surface area contributed by atoms with Gasteiger partial charge in [0.25, 0.3) is 5.91 Å². The molecule has 2 heterocycles. The second kappa shape index (κ2) is 12.4. The predicted molar refractivity (Wildman–Crippen MR) is 153 cm³/mol. The van der Waals surface area contributed by atoms with Crippen molar-refractivity contribution in [1.29, 1.82) is 0 Å². The van der Waals surface area contributed by atoms with Crippen molar-refractivity contribution in [2.75, 3.05) is 31.0 Å². The summed E-state index contributed by atoms with van der Waals surface area (Å²) in [5, 5.41) is 3.24. The molecule has 3 aromatic rings. The summed E-state index contributed by atoms with van der Waals surface area (Å²) in [5.41, 5.74) is 0.712. The molecule has 2 N–H and O–H groups in total. The average Bonchev–Trinajstić information content (AvgIpc) is 3.26. The molecule has 0 aromatic heterocycles. The highest BCUT2D eigenvalue weighted by Gasteiger charge is 2.38. The standard InChI is InChI=1S/C28H30F2N4O7S2/c1-40-23-9-7-19(8-10-23)18-41-26-13-20(12-25(30)28(26)34-17-27(35)32-43(34,38)39)15-31-22-5-3-11-33(16-22)42(36,37)24-6-2-4-21(29)14-24/h2,4,6-10,12-14,22,31H,3,5,11,15-18H2,1H3,(H,32,35)/t22-/m0/s1. The van der Waals surface area contributed by atoms with Crippen LogP contribution >= 0.6 is 0 Å². The number of nitrogens with zero attached hydrogens (tertiary/aromatic N) is 2. The van der Waals surface area contributed by atoms with Crippen LogP contribution in [0.3, 0.4) is 0 Å². The number of anilines is 1. The smallest absolute Gasteiger partial charge is 0.326 e. The molecular formula is C28H30F2N4O7S2. The van der Waals surface area contributed by atoms with Gasteiger partial charge in [0.05, 0.1) is 12.0 Å². The first kappa shape index (κ1) is 30.7. The van der Waals surface area contributed by atoms with Crippen LogP contribution in [0.5, 0.6) is 11.5 Å². The molecule has 43 heavy (non-hydrogen) atoms. The zero-order valence-corrected chi connectivity index (χ0v) is 24.8. The molecule has 3 aromatic carbocycles. The molecule has 0 radical (unpaired) electrons. The fraction of sp³-hybridized carbons (Fsp3) is 0.321. The van der Waals surface area contributed by atoms with Gasteiger partial charge in [-0.3, -0.25) is 4.79 Å². The fourth-order valence-electron chi connectivity index (χ4n) is 4.98. The van der Waals surface area contributed by atoms with E-state index in [2.05, 4.69) is 5.32 Å². The lowest BCUT2D eigenvalue weighted by molar-refractivity contribution is -0.117. The second-order valence-electron chi connectivity index (χ2n) is 10.1. The monoisotopic (exact) mass is 636 g/mol. The number of ether oxygens (including phenoxy) is 2. The number of carbonyl (C=O) groups is 1. The van der Waals surface area contributed by atoms with Gasteiger partial charge in [-0.2, -0.15) is 12.7 Å². The number of hydrogen-bond donors (Lipinski definition) is 2. The Morgan fingerprint density at radius 3 is 2.51 bits per heavy atom. The van der Waals surface area contributed by atoms with Gasteiger partial charge in [0.15, 0.2) is 5.82 Å². The Balaban J connectivity index is 1.35. The van der Waals surface area contributed by atoms with Crippen LogP contribution in [0.1, 0.15) is 24.0 Å². The van der Waals surface area contributed by atoms with E-state index < -0.39 is 50.0 Å². The maximum absolute atomic E-state index is 15.6. The fourth-order valence-corrected chi connectivity index (χ4v) is 7.70. The summed E-state index contributed by atoms with van der Waals surface area (Å²) in [5.74, 6) is -1.83. The summed E-state index contributed by atoms with van der Waals surface area (Å²) in [6.45, 7) is -0.120.